The molecule has 1 aromatic heterocycles. The molecule has 0 unspecified atom stereocenters. The Morgan fingerprint density at radius 3 is 2.72 bits per heavy atom. The van der Waals surface area contributed by atoms with E-state index in [0.717, 1.165) is 27.8 Å². The van der Waals surface area contributed by atoms with Crippen molar-refractivity contribution in [1.82, 2.24) is 9.55 Å². The van der Waals surface area contributed by atoms with Crippen LogP contribution in [0.4, 0.5) is 4.39 Å². The molecule has 0 aliphatic heterocycles. The zero-order valence-electron chi connectivity index (χ0n) is 14.0. The SMILES string of the molecule is COc1ccc(F)cc1-c1cccc(-n2cnc3cc(C)ccc32)c1. The number of aromatic nitrogens is 2. The molecule has 0 radical (unpaired) electrons. The molecular weight excluding hydrogens is 315 g/mol. The molecule has 124 valence electrons. The lowest BCUT2D eigenvalue weighted by molar-refractivity contribution is 0.415. The molecule has 3 nitrogen and oxygen atoms in total. The first-order chi connectivity index (χ1) is 12.2. The van der Waals surface area contributed by atoms with E-state index in [1.807, 2.05) is 35.2 Å². The average molecular weight is 332 g/mol. The molecule has 0 aliphatic carbocycles. The fourth-order valence-corrected chi connectivity index (χ4v) is 3.06. The van der Waals surface area contributed by atoms with Crippen LogP contribution in [0.1, 0.15) is 5.56 Å². The van der Waals surface area contributed by atoms with Gasteiger partial charge in [-0.15, -0.1) is 0 Å². The average Bonchev–Trinajstić information content (AvgIpc) is 3.04. The molecule has 0 fully saturated rings. The van der Waals surface area contributed by atoms with Crippen LogP contribution in [0, 0.1) is 12.7 Å². The number of methoxy groups -OCH3 is 1. The van der Waals surface area contributed by atoms with E-state index in [1.54, 1.807) is 13.2 Å². The molecule has 4 heteroatoms. The van der Waals surface area contributed by atoms with Gasteiger partial charge in [-0.1, -0.05) is 18.2 Å². The van der Waals surface area contributed by atoms with Gasteiger partial charge in [-0.05, 0) is 60.5 Å². The van der Waals surface area contributed by atoms with Crippen molar-refractivity contribution < 1.29 is 9.13 Å². The molecule has 0 N–H and O–H groups in total. The molecule has 0 saturated carbocycles. The molecule has 25 heavy (non-hydrogen) atoms. The monoisotopic (exact) mass is 332 g/mol. The minimum absolute atomic E-state index is 0.287. The van der Waals surface area contributed by atoms with E-state index in [2.05, 4.69) is 30.1 Å². The van der Waals surface area contributed by atoms with Gasteiger partial charge in [0.15, 0.2) is 0 Å². The second-order valence-corrected chi connectivity index (χ2v) is 6.00. The van der Waals surface area contributed by atoms with Crippen LogP contribution < -0.4 is 4.74 Å². The van der Waals surface area contributed by atoms with Gasteiger partial charge in [0.25, 0.3) is 0 Å². The molecule has 0 atom stereocenters. The van der Waals surface area contributed by atoms with Crippen LogP contribution in [0.3, 0.4) is 0 Å². The third kappa shape index (κ3) is 2.76. The van der Waals surface area contributed by atoms with E-state index in [0.29, 0.717) is 5.75 Å². The van der Waals surface area contributed by atoms with Crippen molar-refractivity contribution in [2.75, 3.05) is 7.11 Å². The van der Waals surface area contributed by atoms with Gasteiger partial charge in [-0.3, -0.25) is 4.57 Å². The molecule has 0 bridgehead atoms. The van der Waals surface area contributed by atoms with Crippen molar-refractivity contribution in [3.63, 3.8) is 0 Å². The van der Waals surface area contributed by atoms with Crippen molar-refractivity contribution in [3.8, 4) is 22.6 Å². The number of fused-ring (bicyclic) bond motifs is 1. The summed E-state index contributed by atoms with van der Waals surface area (Å²) in [6.45, 7) is 2.05. The van der Waals surface area contributed by atoms with Crippen LogP contribution in [-0.4, -0.2) is 16.7 Å². The first-order valence-electron chi connectivity index (χ1n) is 8.04. The smallest absolute Gasteiger partial charge is 0.126 e. The van der Waals surface area contributed by atoms with Crippen molar-refractivity contribution >= 4 is 11.0 Å². The van der Waals surface area contributed by atoms with Gasteiger partial charge in [0.1, 0.15) is 17.9 Å². The first-order valence-corrected chi connectivity index (χ1v) is 8.04. The molecule has 4 rings (SSSR count). The van der Waals surface area contributed by atoms with Gasteiger partial charge in [0.05, 0.1) is 18.1 Å². The number of imidazole rings is 1. The molecule has 1 heterocycles. The van der Waals surface area contributed by atoms with Gasteiger partial charge >= 0.3 is 0 Å². The molecular formula is C21H17FN2O. The van der Waals surface area contributed by atoms with E-state index in [1.165, 1.54) is 17.7 Å². The topological polar surface area (TPSA) is 27.1 Å². The summed E-state index contributed by atoms with van der Waals surface area (Å²) >= 11 is 0. The summed E-state index contributed by atoms with van der Waals surface area (Å²) < 4.78 is 21.1. The number of halogens is 1. The van der Waals surface area contributed by atoms with Crippen LogP contribution in [0.5, 0.6) is 5.75 Å². The largest absolute Gasteiger partial charge is 0.496 e. The van der Waals surface area contributed by atoms with Gasteiger partial charge in [0, 0.05) is 11.3 Å². The fraction of sp³-hybridized carbons (Fsp3) is 0.0952. The first kappa shape index (κ1) is 15.4. The number of hydrogen-bond donors (Lipinski definition) is 0. The normalized spacial score (nSPS) is 11.0. The minimum Gasteiger partial charge on any atom is -0.496 e. The van der Waals surface area contributed by atoms with Gasteiger partial charge < -0.3 is 4.74 Å². The molecule has 0 amide bonds. The lowest BCUT2D eigenvalue weighted by atomic mass is 10.0. The van der Waals surface area contributed by atoms with Gasteiger partial charge in [0.2, 0.25) is 0 Å². The summed E-state index contributed by atoms with van der Waals surface area (Å²) in [6.07, 6.45) is 1.81. The van der Waals surface area contributed by atoms with Crippen molar-refractivity contribution in [3.05, 3.63) is 78.4 Å². The zero-order chi connectivity index (χ0) is 17.4. The number of ether oxygens (including phenoxy) is 1. The third-order valence-corrected chi connectivity index (χ3v) is 4.30. The maximum absolute atomic E-state index is 13.7. The summed E-state index contributed by atoms with van der Waals surface area (Å²) in [5.41, 5.74) is 5.75. The molecule has 0 spiro atoms. The number of benzene rings is 3. The second-order valence-electron chi connectivity index (χ2n) is 6.00. The van der Waals surface area contributed by atoms with Crippen molar-refractivity contribution in [2.24, 2.45) is 0 Å². The Balaban J connectivity index is 1.86. The fourth-order valence-electron chi connectivity index (χ4n) is 3.06. The van der Waals surface area contributed by atoms with E-state index in [-0.39, 0.29) is 5.82 Å². The Labute approximate surface area is 145 Å². The highest BCUT2D eigenvalue weighted by Gasteiger charge is 2.10. The van der Waals surface area contributed by atoms with Gasteiger partial charge in [-0.25, -0.2) is 9.37 Å². The number of rotatable bonds is 3. The molecule has 3 aromatic carbocycles. The maximum Gasteiger partial charge on any atom is 0.126 e. The lowest BCUT2D eigenvalue weighted by Gasteiger charge is -2.11. The Hall–Kier alpha value is -3.14. The summed E-state index contributed by atoms with van der Waals surface area (Å²) in [6, 6.07) is 18.7. The Kier molecular flexibility index (Phi) is 3.73. The predicted octanol–water partition coefficient (Wildman–Crippen LogP) is 5.15. The molecule has 0 aliphatic rings. The van der Waals surface area contributed by atoms with Crippen LogP contribution in [0.15, 0.2) is 67.0 Å². The minimum atomic E-state index is -0.287. The number of nitrogens with zero attached hydrogens (tertiary/aromatic N) is 2. The van der Waals surface area contributed by atoms with Crippen LogP contribution in [0.25, 0.3) is 27.8 Å². The predicted molar refractivity (Wildman–Crippen MR) is 97.8 cm³/mol. The van der Waals surface area contributed by atoms with E-state index >= 15 is 0 Å². The van der Waals surface area contributed by atoms with E-state index < -0.39 is 0 Å². The van der Waals surface area contributed by atoms with Crippen molar-refractivity contribution in [1.29, 1.82) is 0 Å². The summed E-state index contributed by atoms with van der Waals surface area (Å²) in [5.74, 6) is 0.356. The zero-order valence-corrected chi connectivity index (χ0v) is 14.0. The Bertz CT molecular complexity index is 1070. The van der Waals surface area contributed by atoms with Crippen LogP contribution in [-0.2, 0) is 0 Å². The highest BCUT2D eigenvalue weighted by Crippen LogP contribution is 2.32. The summed E-state index contributed by atoms with van der Waals surface area (Å²) in [5, 5.41) is 0. The standard InChI is InChI=1S/C21H17FN2O/c1-14-6-8-20-19(10-14)23-13-24(20)17-5-3-4-15(11-17)18-12-16(22)7-9-21(18)25-2/h3-13H,1-2H3. The second kappa shape index (κ2) is 6.06. The Morgan fingerprint density at radius 2 is 1.88 bits per heavy atom. The highest BCUT2D eigenvalue weighted by molar-refractivity contribution is 5.79. The maximum atomic E-state index is 13.7. The summed E-state index contributed by atoms with van der Waals surface area (Å²) in [4.78, 5) is 4.48. The summed E-state index contributed by atoms with van der Waals surface area (Å²) in [7, 11) is 1.59. The van der Waals surface area contributed by atoms with E-state index in [9.17, 15) is 4.39 Å². The molecule has 0 saturated heterocycles. The number of hydrogen-bond acceptors (Lipinski definition) is 2. The van der Waals surface area contributed by atoms with Gasteiger partial charge in [-0.2, -0.15) is 0 Å². The molecule has 4 aromatic rings. The third-order valence-electron chi connectivity index (χ3n) is 4.30. The van der Waals surface area contributed by atoms with Crippen molar-refractivity contribution in [2.45, 2.75) is 6.92 Å². The number of aryl methyl sites for hydroxylation is 1. The quantitative estimate of drug-likeness (QED) is 0.519. The highest BCUT2D eigenvalue weighted by atomic mass is 19.1. The van der Waals surface area contributed by atoms with E-state index in [4.69, 9.17) is 4.74 Å². The van der Waals surface area contributed by atoms with Crippen LogP contribution >= 0.6 is 0 Å². The Morgan fingerprint density at radius 1 is 1.00 bits per heavy atom. The van der Waals surface area contributed by atoms with Crippen LogP contribution in [0.2, 0.25) is 0 Å². The lowest BCUT2D eigenvalue weighted by Crippen LogP contribution is -1.94.